The molecule has 1 aliphatic rings. The fourth-order valence-corrected chi connectivity index (χ4v) is 4.70. The number of benzene rings is 2. The molecule has 2 aromatic carbocycles. The van der Waals surface area contributed by atoms with Crippen molar-refractivity contribution >= 4 is 17.4 Å². The normalized spacial score (nSPS) is 25.0. The highest BCUT2D eigenvalue weighted by Gasteiger charge is 2.46. The van der Waals surface area contributed by atoms with Crippen LogP contribution in [0.2, 0.25) is 0 Å². The number of anilines is 1. The molecule has 0 bridgehead atoms. The molecule has 2 heterocycles. The van der Waals surface area contributed by atoms with E-state index in [0.29, 0.717) is 0 Å². The molecular formula is C21H20F4N4O4S. The number of aryl methyl sites for hydroxylation is 1. The molecule has 1 aromatic heterocycles. The van der Waals surface area contributed by atoms with E-state index in [9.17, 15) is 32.9 Å². The van der Waals surface area contributed by atoms with E-state index in [4.69, 9.17) is 10.5 Å². The lowest BCUT2D eigenvalue weighted by molar-refractivity contribution is -0.178. The summed E-state index contributed by atoms with van der Waals surface area (Å²) < 4.78 is 63.0. The molecule has 1 aliphatic heterocycles. The largest absolute Gasteiger partial charge is 0.394 e. The number of nitrogens with zero attached hydrogens (tertiary/aromatic N) is 3. The van der Waals surface area contributed by atoms with Crippen LogP contribution in [0.15, 0.2) is 35.4 Å². The second kappa shape index (κ2) is 9.50. The van der Waals surface area contributed by atoms with Crippen molar-refractivity contribution in [3.05, 3.63) is 59.3 Å². The van der Waals surface area contributed by atoms with Crippen LogP contribution in [-0.4, -0.2) is 60.7 Å². The molecule has 3 aromatic rings. The third kappa shape index (κ3) is 4.25. The summed E-state index contributed by atoms with van der Waals surface area (Å²) in [5.74, 6) is -7.11. The summed E-state index contributed by atoms with van der Waals surface area (Å²) in [4.78, 5) is 0.734. The molecule has 5 N–H and O–H groups in total. The standard InChI is InChI=1S/C21H20F4N4O4S/c1-8-2-4-9(5-3-8)34-21-20(32)18(19(31)11(7-30)33-21)29-6-10(27-28-29)12-13(22)15(24)17(26)16(25)14(12)23/h2-6,11,18-21,30-32H,7,26H2,1H3/t11-,18+,19+,20-,21+/m1/s1. The molecule has 0 radical (unpaired) electrons. The minimum Gasteiger partial charge on any atom is -0.394 e. The Kier molecular flexibility index (Phi) is 6.82. The van der Waals surface area contributed by atoms with E-state index in [1.54, 1.807) is 12.1 Å². The zero-order chi connectivity index (χ0) is 24.7. The number of rotatable bonds is 5. The van der Waals surface area contributed by atoms with Crippen LogP contribution in [-0.2, 0) is 4.74 Å². The van der Waals surface area contributed by atoms with E-state index in [-0.39, 0.29) is 0 Å². The number of aliphatic hydroxyl groups is 3. The first-order valence-corrected chi connectivity index (χ1v) is 10.9. The fourth-order valence-electron chi connectivity index (χ4n) is 3.64. The van der Waals surface area contributed by atoms with Gasteiger partial charge in [-0.3, -0.25) is 0 Å². The third-order valence-electron chi connectivity index (χ3n) is 5.49. The number of ether oxygens (including phenoxy) is 1. The van der Waals surface area contributed by atoms with Crippen molar-refractivity contribution in [2.75, 3.05) is 12.3 Å². The molecule has 5 atom stereocenters. The van der Waals surface area contributed by atoms with Crippen LogP contribution >= 0.6 is 11.8 Å². The summed E-state index contributed by atoms with van der Waals surface area (Å²) in [6.45, 7) is 1.30. The first kappa shape index (κ1) is 24.4. The van der Waals surface area contributed by atoms with Gasteiger partial charge in [-0.25, -0.2) is 22.2 Å². The van der Waals surface area contributed by atoms with Crippen LogP contribution in [0.5, 0.6) is 0 Å². The van der Waals surface area contributed by atoms with E-state index < -0.39 is 76.6 Å². The maximum Gasteiger partial charge on any atom is 0.185 e. The molecule has 1 fully saturated rings. The number of nitrogens with two attached hydrogens (primary N) is 1. The van der Waals surface area contributed by atoms with E-state index in [0.717, 1.165) is 33.1 Å². The van der Waals surface area contributed by atoms with Gasteiger partial charge < -0.3 is 25.8 Å². The maximum absolute atomic E-state index is 14.3. The van der Waals surface area contributed by atoms with E-state index >= 15 is 0 Å². The van der Waals surface area contributed by atoms with E-state index in [2.05, 4.69) is 10.3 Å². The van der Waals surface area contributed by atoms with Crippen LogP contribution in [0, 0.1) is 30.2 Å². The molecule has 0 saturated carbocycles. The van der Waals surface area contributed by atoms with Gasteiger partial charge in [0.2, 0.25) is 0 Å². The number of thioether (sulfide) groups is 1. The zero-order valence-electron chi connectivity index (χ0n) is 17.6. The van der Waals surface area contributed by atoms with Crippen molar-refractivity contribution in [2.45, 2.75) is 41.6 Å². The SMILES string of the molecule is Cc1ccc(S[C@@H]2O[C@H](CO)[C@H](O)[C@H](n3cc(-c4c(F)c(F)c(N)c(F)c4F)nn3)[C@H]2O)cc1. The summed E-state index contributed by atoms with van der Waals surface area (Å²) in [6.07, 6.45) is -3.14. The predicted molar refractivity (Wildman–Crippen MR) is 114 cm³/mol. The lowest BCUT2D eigenvalue weighted by Crippen LogP contribution is -2.55. The molecular weight excluding hydrogens is 480 g/mol. The Balaban J connectivity index is 1.69. The van der Waals surface area contributed by atoms with Gasteiger partial charge in [-0.1, -0.05) is 34.7 Å². The minimum atomic E-state index is -1.79. The Morgan fingerprint density at radius 2 is 1.65 bits per heavy atom. The van der Waals surface area contributed by atoms with Crippen molar-refractivity contribution < 1.29 is 37.6 Å². The second-order valence-electron chi connectivity index (χ2n) is 7.76. The molecule has 0 amide bonds. The highest BCUT2D eigenvalue weighted by molar-refractivity contribution is 7.99. The van der Waals surface area contributed by atoms with Crippen molar-refractivity contribution in [1.29, 1.82) is 0 Å². The van der Waals surface area contributed by atoms with Crippen LogP contribution in [0.1, 0.15) is 11.6 Å². The molecule has 0 spiro atoms. The topological polar surface area (TPSA) is 127 Å². The Labute approximate surface area is 195 Å². The van der Waals surface area contributed by atoms with Crippen molar-refractivity contribution in [1.82, 2.24) is 15.0 Å². The van der Waals surface area contributed by atoms with Crippen molar-refractivity contribution in [2.24, 2.45) is 0 Å². The van der Waals surface area contributed by atoms with Gasteiger partial charge in [0, 0.05) is 4.90 Å². The van der Waals surface area contributed by atoms with Crippen LogP contribution in [0.25, 0.3) is 11.3 Å². The molecule has 1 saturated heterocycles. The minimum absolute atomic E-state index is 0.595. The third-order valence-corrected chi connectivity index (χ3v) is 6.66. The van der Waals surface area contributed by atoms with Gasteiger partial charge in [-0.05, 0) is 19.1 Å². The Bertz CT molecular complexity index is 1170. The van der Waals surface area contributed by atoms with E-state index in [1.165, 1.54) is 0 Å². The lowest BCUT2D eigenvalue weighted by Gasteiger charge is -2.41. The molecule has 4 rings (SSSR count). The van der Waals surface area contributed by atoms with Crippen LogP contribution in [0.4, 0.5) is 23.2 Å². The molecule has 182 valence electrons. The van der Waals surface area contributed by atoms with Gasteiger partial charge in [0.25, 0.3) is 0 Å². The monoisotopic (exact) mass is 500 g/mol. The lowest BCUT2D eigenvalue weighted by atomic mass is 9.97. The Morgan fingerprint density at radius 3 is 2.24 bits per heavy atom. The van der Waals surface area contributed by atoms with Gasteiger partial charge in [-0.15, -0.1) is 5.10 Å². The van der Waals surface area contributed by atoms with Crippen LogP contribution < -0.4 is 5.73 Å². The zero-order valence-corrected chi connectivity index (χ0v) is 18.4. The van der Waals surface area contributed by atoms with Gasteiger partial charge >= 0.3 is 0 Å². The highest BCUT2D eigenvalue weighted by atomic mass is 32.2. The Hall–Kier alpha value is -2.71. The molecule has 8 nitrogen and oxygen atoms in total. The van der Waals surface area contributed by atoms with Gasteiger partial charge in [0.1, 0.15) is 41.2 Å². The highest BCUT2D eigenvalue weighted by Crippen LogP contribution is 2.39. The first-order valence-electron chi connectivity index (χ1n) is 10.0. The number of halogens is 4. The number of hydrogen-bond donors (Lipinski definition) is 4. The predicted octanol–water partition coefficient (Wildman–Crippen LogP) is 2.16. The van der Waals surface area contributed by atoms with Gasteiger partial charge in [0.05, 0.1) is 18.4 Å². The smallest absolute Gasteiger partial charge is 0.185 e. The van der Waals surface area contributed by atoms with Gasteiger partial charge in [-0.2, -0.15) is 0 Å². The maximum atomic E-state index is 14.3. The summed E-state index contributed by atoms with van der Waals surface area (Å²) in [5.41, 5.74) is 2.02. The molecule has 13 heteroatoms. The average Bonchev–Trinajstić information content (AvgIpc) is 3.29. The molecule has 0 unspecified atom stereocenters. The molecule has 34 heavy (non-hydrogen) atoms. The number of aliphatic hydroxyl groups excluding tert-OH is 3. The number of aromatic nitrogens is 3. The second-order valence-corrected chi connectivity index (χ2v) is 8.93. The summed E-state index contributed by atoms with van der Waals surface area (Å²) >= 11 is 1.13. The number of hydrogen-bond acceptors (Lipinski definition) is 8. The summed E-state index contributed by atoms with van der Waals surface area (Å²) in [6, 6.07) is 6.03. The van der Waals surface area contributed by atoms with Crippen molar-refractivity contribution in [3.63, 3.8) is 0 Å². The fraction of sp³-hybridized carbons (Fsp3) is 0.333. The molecule has 0 aliphatic carbocycles. The van der Waals surface area contributed by atoms with E-state index in [1.807, 2.05) is 19.1 Å². The van der Waals surface area contributed by atoms with Gasteiger partial charge in [0.15, 0.2) is 23.3 Å². The van der Waals surface area contributed by atoms with Crippen LogP contribution in [0.3, 0.4) is 0 Å². The summed E-state index contributed by atoms with van der Waals surface area (Å²) in [5, 5.41) is 38.5. The Morgan fingerprint density at radius 1 is 1.03 bits per heavy atom. The summed E-state index contributed by atoms with van der Waals surface area (Å²) in [7, 11) is 0. The average molecular weight is 500 g/mol. The van der Waals surface area contributed by atoms with Crippen molar-refractivity contribution in [3.8, 4) is 11.3 Å². The first-order chi connectivity index (χ1) is 16.1. The quantitative estimate of drug-likeness (QED) is 0.239. The number of nitrogen functional groups attached to an aromatic ring is 1.